The van der Waals surface area contributed by atoms with E-state index in [-0.39, 0.29) is 12.2 Å². The summed E-state index contributed by atoms with van der Waals surface area (Å²) in [5.74, 6) is 0. The summed E-state index contributed by atoms with van der Waals surface area (Å²) in [6.07, 6.45) is 0.965. The quantitative estimate of drug-likeness (QED) is 0.615. The first-order valence-corrected chi connectivity index (χ1v) is 4.47. The third kappa shape index (κ3) is 4.99. The molecule has 0 fully saturated rings. The normalized spacial score (nSPS) is 15.0. The fraction of sp³-hybridized carbons (Fsp3) is 0.889. The Morgan fingerprint density at radius 1 is 1.08 bits per heavy atom. The molecular weight excluding hydrogens is 156 g/mol. The molecule has 0 aliphatic rings. The van der Waals surface area contributed by atoms with E-state index >= 15 is 0 Å². The third-order valence-electron chi connectivity index (χ3n) is 1.74. The van der Waals surface area contributed by atoms with Gasteiger partial charge in [0.2, 0.25) is 0 Å². The van der Waals surface area contributed by atoms with E-state index in [0.29, 0.717) is 0 Å². The zero-order valence-electron chi connectivity index (χ0n) is 8.29. The molecule has 3 nitrogen and oxygen atoms in total. The molecule has 0 radical (unpaired) electrons. The SMILES string of the molecule is CCC(C)OC(=O)OC(C)CC. The number of hydrogen-bond donors (Lipinski definition) is 0. The highest BCUT2D eigenvalue weighted by Gasteiger charge is 2.11. The van der Waals surface area contributed by atoms with Crippen molar-refractivity contribution in [3.05, 3.63) is 0 Å². The fourth-order valence-corrected chi connectivity index (χ4v) is 0.523. The molecule has 0 aromatic carbocycles. The summed E-state index contributed by atoms with van der Waals surface area (Å²) in [5, 5.41) is 0. The predicted octanol–water partition coefficient (Wildman–Crippen LogP) is 2.74. The Morgan fingerprint density at radius 3 is 1.67 bits per heavy atom. The molecule has 0 spiro atoms. The van der Waals surface area contributed by atoms with Gasteiger partial charge < -0.3 is 9.47 Å². The summed E-state index contributed by atoms with van der Waals surface area (Å²) in [6, 6.07) is 0. The van der Waals surface area contributed by atoms with Gasteiger partial charge in [-0.2, -0.15) is 0 Å². The lowest BCUT2D eigenvalue weighted by molar-refractivity contribution is 0.00599. The van der Waals surface area contributed by atoms with E-state index in [9.17, 15) is 4.79 Å². The van der Waals surface area contributed by atoms with E-state index in [1.807, 2.05) is 27.7 Å². The standard InChI is InChI=1S/C9H18O3/c1-5-7(3)11-9(10)12-8(4)6-2/h7-8H,5-6H2,1-4H3. The number of rotatable bonds is 4. The van der Waals surface area contributed by atoms with Crippen molar-refractivity contribution in [3.63, 3.8) is 0 Å². The van der Waals surface area contributed by atoms with Gasteiger partial charge in [-0.15, -0.1) is 0 Å². The summed E-state index contributed by atoms with van der Waals surface area (Å²) < 4.78 is 9.82. The van der Waals surface area contributed by atoms with Gasteiger partial charge in [0.1, 0.15) is 12.2 Å². The zero-order valence-corrected chi connectivity index (χ0v) is 8.29. The van der Waals surface area contributed by atoms with Gasteiger partial charge in [-0.1, -0.05) is 13.8 Å². The van der Waals surface area contributed by atoms with Crippen molar-refractivity contribution in [3.8, 4) is 0 Å². The lowest BCUT2D eigenvalue weighted by Crippen LogP contribution is -2.19. The lowest BCUT2D eigenvalue weighted by Gasteiger charge is -2.14. The Morgan fingerprint density at radius 2 is 1.42 bits per heavy atom. The fourth-order valence-electron chi connectivity index (χ4n) is 0.523. The van der Waals surface area contributed by atoms with Crippen molar-refractivity contribution in [1.29, 1.82) is 0 Å². The minimum absolute atomic E-state index is 0.0541. The maximum absolute atomic E-state index is 10.9. The first kappa shape index (κ1) is 11.3. The Balaban J connectivity index is 3.59. The highest BCUT2D eigenvalue weighted by atomic mass is 16.7. The molecule has 3 heteroatoms. The molecule has 0 N–H and O–H groups in total. The molecule has 0 aliphatic carbocycles. The molecule has 0 saturated heterocycles. The number of ether oxygens (including phenoxy) is 2. The second-order valence-corrected chi connectivity index (χ2v) is 2.92. The highest BCUT2D eigenvalue weighted by molar-refractivity contribution is 5.60. The van der Waals surface area contributed by atoms with Crippen LogP contribution < -0.4 is 0 Å². The topological polar surface area (TPSA) is 35.5 Å². The Kier molecular flexibility index (Phi) is 5.51. The predicted molar refractivity (Wildman–Crippen MR) is 47.1 cm³/mol. The van der Waals surface area contributed by atoms with Crippen LogP contribution in [0, 0.1) is 0 Å². The molecule has 0 rings (SSSR count). The maximum Gasteiger partial charge on any atom is 0.508 e. The molecule has 2 atom stereocenters. The second kappa shape index (κ2) is 5.86. The van der Waals surface area contributed by atoms with Crippen LogP contribution in [0.1, 0.15) is 40.5 Å². The Hall–Kier alpha value is -0.730. The van der Waals surface area contributed by atoms with Crippen molar-refractivity contribution in [2.24, 2.45) is 0 Å². The van der Waals surface area contributed by atoms with Gasteiger partial charge in [-0.25, -0.2) is 4.79 Å². The molecule has 0 aliphatic heterocycles. The molecule has 2 unspecified atom stereocenters. The van der Waals surface area contributed by atoms with E-state index in [0.717, 1.165) is 12.8 Å². The molecule has 0 amide bonds. The van der Waals surface area contributed by atoms with Crippen LogP contribution in [0.3, 0.4) is 0 Å². The molecule has 0 aromatic heterocycles. The van der Waals surface area contributed by atoms with E-state index in [2.05, 4.69) is 0 Å². The van der Waals surface area contributed by atoms with E-state index < -0.39 is 6.16 Å². The monoisotopic (exact) mass is 174 g/mol. The molecule has 0 aromatic rings. The highest BCUT2D eigenvalue weighted by Crippen LogP contribution is 2.02. The van der Waals surface area contributed by atoms with Gasteiger partial charge in [0.25, 0.3) is 0 Å². The average Bonchev–Trinajstić information content (AvgIpc) is 2.03. The van der Waals surface area contributed by atoms with Crippen molar-refractivity contribution < 1.29 is 14.3 Å². The van der Waals surface area contributed by atoms with Crippen LogP contribution in [0.5, 0.6) is 0 Å². The summed E-state index contributed by atoms with van der Waals surface area (Å²) in [4.78, 5) is 10.9. The van der Waals surface area contributed by atoms with Gasteiger partial charge in [0.15, 0.2) is 0 Å². The van der Waals surface area contributed by atoms with Gasteiger partial charge >= 0.3 is 6.16 Å². The zero-order chi connectivity index (χ0) is 9.56. The Bertz CT molecular complexity index is 120. The lowest BCUT2D eigenvalue weighted by atomic mass is 10.3. The summed E-state index contributed by atoms with van der Waals surface area (Å²) in [5.41, 5.74) is 0. The third-order valence-corrected chi connectivity index (χ3v) is 1.74. The summed E-state index contributed by atoms with van der Waals surface area (Å²) >= 11 is 0. The Labute approximate surface area is 74.0 Å². The summed E-state index contributed by atoms with van der Waals surface area (Å²) in [7, 11) is 0. The van der Waals surface area contributed by atoms with Crippen LogP contribution in [0.2, 0.25) is 0 Å². The molecule has 0 heterocycles. The van der Waals surface area contributed by atoms with Crippen molar-refractivity contribution >= 4 is 6.16 Å². The molecule has 0 bridgehead atoms. The van der Waals surface area contributed by atoms with Gasteiger partial charge in [-0.05, 0) is 26.7 Å². The van der Waals surface area contributed by atoms with E-state index in [4.69, 9.17) is 9.47 Å². The first-order chi connectivity index (χ1) is 5.60. The molecule has 0 saturated carbocycles. The molecule has 12 heavy (non-hydrogen) atoms. The van der Waals surface area contributed by atoms with Crippen molar-refractivity contribution in [1.82, 2.24) is 0 Å². The average molecular weight is 174 g/mol. The second-order valence-electron chi connectivity index (χ2n) is 2.92. The number of carbonyl (C=O) groups is 1. The van der Waals surface area contributed by atoms with E-state index in [1.165, 1.54) is 0 Å². The van der Waals surface area contributed by atoms with Crippen LogP contribution >= 0.6 is 0 Å². The van der Waals surface area contributed by atoms with Crippen LogP contribution in [0.4, 0.5) is 4.79 Å². The molecular formula is C9H18O3. The number of carbonyl (C=O) groups excluding carboxylic acids is 1. The van der Waals surface area contributed by atoms with Crippen LogP contribution in [-0.4, -0.2) is 18.4 Å². The molecule has 72 valence electrons. The largest absolute Gasteiger partial charge is 0.508 e. The smallest absolute Gasteiger partial charge is 0.431 e. The summed E-state index contributed by atoms with van der Waals surface area (Å²) in [6.45, 7) is 7.61. The van der Waals surface area contributed by atoms with Gasteiger partial charge in [-0.3, -0.25) is 0 Å². The van der Waals surface area contributed by atoms with Crippen LogP contribution in [0.25, 0.3) is 0 Å². The minimum Gasteiger partial charge on any atom is -0.431 e. The maximum atomic E-state index is 10.9. The van der Waals surface area contributed by atoms with Gasteiger partial charge in [0, 0.05) is 0 Å². The minimum atomic E-state index is -0.557. The number of hydrogen-bond acceptors (Lipinski definition) is 3. The van der Waals surface area contributed by atoms with Crippen LogP contribution in [0.15, 0.2) is 0 Å². The van der Waals surface area contributed by atoms with Gasteiger partial charge in [0.05, 0.1) is 0 Å². The van der Waals surface area contributed by atoms with Crippen molar-refractivity contribution in [2.45, 2.75) is 52.7 Å². The first-order valence-electron chi connectivity index (χ1n) is 4.47. The van der Waals surface area contributed by atoms with Crippen LogP contribution in [-0.2, 0) is 9.47 Å². The van der Waals surface area contributed by atoms with E-state index in [1.54, 1.807) is 0 Å². The van der Waals surface area contributed by atoms with Crippen molar-refractivity contribution in [2.75, 3.05) is 0 Å².